The summed E-state index contributed by atoms with van der Waals surface area (Å²) in [7, 11) is 0. The molecule has 29 heavy (non-hydrogen) atoms. The minimum atomic E-state index is -2.60. The second kappa shape index (κ2) is 9.01. The van der Waals surface area contributed by atoms with Crippen molar-refractivity contribution in [2.45, 2.75) is 16.6 Å². The van der Waals surface area contributed by atoms with Crippen molar-refractivity contribution >= 4 is 33.9 Å². The molecule has 0 bridgehead atoms. The number of para-hydroxylation sites is 1. The zero-order valence-electron chi connectivity index (χ0n) is 14.9. The van der Waals surface area contributed by atoms with Crippen molar-refractivity contribution in [3.05, 3.63) is 72.8 Å². The standard InChI is InChI=1S/C19H15F2N5OS2/c20-17(21)26-11-10-22-16(26)12-28-19-25-24-18(29-19)23-13-6-8-15(9-7-13)27-14-4-2-1-3-5-14/h1-11,17H,12H2,(H,23,24). The molecular weight excluding hydrogens is 416 g/mol. The molecule has 6 nitrogen and oxygen atoms in total. The fraction of sp³-hybridized carbons (Fsp3) is 0.105. The SMILES string of the molecule is FC(F)n1ccnc1CSc1nnc(Nc2ccc(Oc3ccccc3)cc2)s1. The highest BCUT2D eigenvalue weighted by molar-refractivity contribution is 8.00. The Balaban J connectivity index is 1.33. The van der Waals surface area contributed by atoms with Crippen molar-refractivity contribution in [3.63, 3.8) is 0 Å². The van der Waals surface area contributed by atoms with Crippen LogP contribution < -0.4 is 10.1 Å². The van der Waals surface area contributed by atoms with Gasteiger partial charge in [-0.2, -0.15) is 8.78 Å². The minimum Gasteiger partial charge on any atom is -0.457 e. The summed E-state index contributed by atoms with van der Waals surface area (Å²) in [6, 6.07) is 17.0. The summed E-state index contributed by atoms with van der Waals surface area (Å²) in [4.78, 5) is 3.96. The lowest BCUT2D eigenvalue weighted by atomic mass is 10.3. The number of hydrogen-bond acceptors (Lipinski definition) is 7. The van der Waals surface area contributed by atoms with Crippen LogP contribution in [0.15, 0.2) is 71.3 Å². The molecule has 148 valence electrons. The zero-order chi connectivity index (χ0) is 20.1. The van der Waals surface area contributed by atoms with E-state index < -0.39 is 6.55 Å². The van der Waals surface area contributed by atoms with E-state index >= 15 is 0 Å². The molecule has 0 radical (unpaired) electrons. The third-order valence-corrected chi connectivity index (χ3v) is 5.74. The summed E-state index contributed by atoms with van der Waals surface area (Å²) < 4.78 is 33.0. The van der Waals surface area contributed by atoms with Gasteiger partial charge in [0.15, 0.2) is 4.34 Å². The van der Waals surface area contributed by atoms with Gasteiger partial charge in [-0.15, -0.1) is 10.2 Å². The monoisotopic (exact) mass is 431 g/mol. The number of nitrogens with zero attached hydrogens (tertiary/aromatic N) is 4. The number of ether oxygens (including phenoxy) is 1. The van der Waals surface area contributed by atoms with Gasteiger partial charge in [-0.1, -0.05) is 41.3 Å². The van der Waals surface area contributed by atoms with E-state index in [0.717, 1.165) is 21.8 Å². The van der Waals surface area contributed by atoms with E-state index in [1.54, 1.807) is 0 Å². The lowest BCUT2D eigenvalue weighted by molar-refractivity contribution is 0.0678. The first-order valence-electron chi connectivity index (χ1n) is 8.53. The molecule has 2 heterocycles. The molecule has 4 aromatic rings. The van der Waals surface area contributed by atoms with Gasteiger partial charge in [0.25, 0.3) is 0 Å². The lowest BCUT2D eigenvalue weighted by Gasteiger charge is -2.07. The van der Waals surface area contributed by atoms with E-state index in [9.17, 15) is 8.78 Å². The van der Waals surface area contributed by atoms with Crippen LogP contribution in [-0.2, 0) is 5.75 Å². The van der Waals surface area contributed by atoms with Crippen LogP contribution in [-0.4, -0.2) is 19.7 Å². The van der Waals surface area contributed by atoms with Crippen LogP contribution in [0.25, 0.3) is 0 Å². The molecule has 2 aromatic heterocycles. The van der Waals surface area contributed by atoms with Gasteiger partial charge in [0, 0.05) is 18.1 Å². The molecule has 0 atom stereocenters. The van der Waals surface area contributed by atoms with Gasteiger partial charge in [0.1, 0.15) is 17.3 Å². The number of halogens is 2. The topological polar surface area (TPSA) is 64.9 Å². The predicted molar refractivity (Wildman–Crippen MR) is 109 cm³/mol. The predicted octanol–water partition coefficient (Wildman–Crippen LogP) is 5.96. The number of nitrogens with one attached hydrogen (secondary N) is 1. The van der Waals surface area contributed by atoms with Gasteiger partial charge in [-0.3, -0.25) is 4.57 Å². The van der Waals surface area contributed by atoms with E-state index in [1.807, 2.05) is 54.6 Å². The van der Waals surface area contributed by atoms with Crippen molar-refractivity contribution in [1.29, 1.82) is 0 Å². The molecule has 0 fully saturated rings. The molecule has 0 saturated carbocycles. The van der Waals surface area contributed by atoms with Gasteiger partial charge in [0.2, 0.25) is 5.13 Å². The van der Waals surface area contributed by atoms with Crippen molar-refractivity contribution in [1.82, 2.24) is 19.7 Å². The fourth-order valence-electron chi connectivity index (χ4n) is 2.43. The molecular formula is C19H15F2N5OS2. The second-order valence-electron chi connectivity index (χ2n) is 5.75. The highest BCUT2D eigenvalue weighted by atomic mass is 32.2. The summed E-state index contributed by atoms with van der Waals surface area (Å²) in [5.41, 5.74) is 0.839. The zero-order valence-corrected chi connectivity index (χ0v) is 16.5. The maximum Gasteiger partial charge on any atom is 0.319 e. The molecule has 0 aliphatic heterocycles. The summed E-state index contributed by atoms with van der Waals surface area (Å²) >= 11 is 2.66. The molecule has 0 aliphatic carbocycles. The van der Waals surface area contributed by atoms with Gasteiger partial charge in [-0.05, 0) is 36.4 Å². The molecule has 0 unspecified atom stereocenters. The summed E-state index contributed by atoms with van der Waals surface area (Å²) in [5, 5.41) is 12.0. The highest BCUT2D eigenvalue weighted by Gasteiger charge is 2.13. The number of alkyl halides is 2. The third kappa shape index (κ3) is 5.09. The van der Waals surface area contributed by atoms with E-state index in [-0.39, 0.29) is 5.75 Å². The number of aromatic nitrogens is 4. The third-order valence-electron chi connectivity index (χ3n) is 3.77. The first kappa shape index (κ1) is 19.3. The van der Waals surface area contributed by atoms with E-state index in [4.69, 9.17) is 4.74 Å². The molecule has 10 heteroatoms. The summed E-state index contributed by atoms with van der Waals surface area (Å²) in [5.74, 6) is 2.08. The maximum atomic E-state index is 12.9. The van der Waals surface area contributed by atoms with Crippen molar-refractivity contribution in [3.8, 4) is 11.5 Å². The van der Waals surface area contributed by atoms with Crippen LogP contribution >= 0.6 is 23.1 Å². The Bertz CT molecular complexity index is 1050. The number of rotatable bonds is 8. The first-order chi connectivity index (χ1) is 14.2. The largest absolute Gasteiger partial charge is 0.457 e. The molecule has 0 spiro atoms. The number of hydrogen-bond donors (Lipinski definition) is 1. The van der Waals surface area contributed by atoms with Crippen LogP contribution in [0.5, 0.6) is 11.5 Å². The van der Waals surface area contributed by atoms with Crippen molar-refractivity contribution < 1.29 is 13.5 Å². The van der Waals surface area contributed by atoms with Crippen LogP contribution in [0, 0.1) is 0 Å². The van der Waals surface area contributed by atoms with E-state index in [0.29, 0.717) is 15.3 Å². The average molecular weight is 431 g/mol. The Morgan fingerprint density at radius 3 is 2.55 bits per heavy atom. The summed E-state index contributed by atoms with van der Waals surface area (Å²) in [6.07, 6.45) is 2.62. The molecule has 0 amide bonds. The molecule has 4 rings (SSSR count). The molecule has 1 N–H and O–H groups in total. The van der Waals surface area contributed by atoms with E-state index in [2.05, 4.69) is 20.5 Å². The Morgan fingerprint density at radius 1 is 1.03 bits per heavy atom. The molecule has 0 aliphatic rings. The number of imidazole rings is 1. The molecule has 2 aromatic carbocycles. The van der Waals surface area contributed by atoms with Crippen molar-refractivity contribution in [2.75, 3.05) is 5.32 Å². The van der Waals surface area contributed by atoms with E-state index in [1.165, 1.54) is 35.5 Å². The Hall–Kier alpha value is -2.98. The quantitative estimate of drug-likeness (QED) is 0.347. The van der Waals surface area contributed by atoms with Crippen LogP contribution in [0.4, 0.5) is 19.6 Å². The highest BCUT2D eigenvalue weighted by Crippen LogP contribution is 2.31. The number of thioether (sulfide) groups is 1. The lowest BCUT2D eigenvalue weighted by Crippen LogP contribution is -2.01. The van der Waals surface area contributed by atoms with Gasteiger partial charge in [0.05, 0.1) is 5.75 Å². The van der Waals surface area contributed by atoms with Crippen molar-refractivity contribution in [2.24, 2.45) is 0 Å². The smallest absolute Gasteiger partial charge is 0.319 e. The van der Waals surface area contributed by atoms with Gasteiger partial charge in [-0.25, -0.2) is 4.98 Å². The second-order valence-corrected chi connectivity index (χ2v) is 7.95. The van der Waals surface area contributed by atoms with Crippen LogP contribution in [0.2, 0.25) is 0 Å². The normalized spacial score (nSPS) is 11.0. The van der Waals surface area contributed by atoms with Gasteiger partial charge < -0.3 is 10.1 Å². The average Bonchev–Trinajstić information content (AvgIpc) is 3.38. The first-order valence-corrected chi connectivity index (χ1v) is 10.3. The minimum absolute atomic E-state index is 0.289. The Morgan fingerprint density at radius 2 is 1.79 bits per heavy atom. The maximum absolute atomic E-state index is 12.9. The fourth-order valence-corrected chi connectivity index (χ4v) is 4.15. The Labute approximate surface area is 173 Å². The summed E-state index contributed by atoms with van der Waals surface area (Å²) in [6.45, 7) is -2.60. The van der Waals surface area contributed by atoms with Crippen LogP contribution in [0.3, 0.4) is 0 Å². The Kier molecular flexibility index (Phi) is 6.01. The number of benzene rings is 2. The van der Waals surface area contributed by atoms with Crippen LogP contribution in [0.1, 0.15) is 12.4 Å². The number of anilines is 2. The molecule has 0 saturated heterocycles. The van der Waals surface area contributed by atoms with Gasteiger partial charge >= 0.3 is 6.55 Å².